The van der Waals surface area contributed by atoms with Gasteiger partial charge in [-0.25, -0.2) is 4.98 Å². The lowest BCUT2D eigenvalue weighted by molar-refractivity contribution is 0.0535. The van der Waals surface area contributed by atoms with Gasteiger partial charge in [0, 0.05) is 6.20 Å². The highest BCUT2D eigenvalue weighted by atomic mass is 35.5. The number of anilines is 1. The normalized spacial score (nSPS) is 18.6. The summed E-state index contributed by atoms with van der Waals surface area (Å²) in [5, 5.41) is 10.5. The van der Waals surface area contributed by atoms with Crippen molar-refractivity contribution in [2.45, 2.75) is 38.2 Å². The number of aliphatic hydroxyl groups is 1. The number of aromatic nitrogens is 1. The standard InChI is InChI=1S/C13H17ClN2O2/c14-9-6-10(13(15)16-7-9)12(18)11(17)8-4-2-1-3-5-8/h6-8,11,17H,1-5H2,(H2,15,16). The maximum Gasteiger partial charge on any atom is 0.195 e. The zero-order valence-corrected chi connectivity index (χ0v) is 10.9. The topological polar surface area (TPSA) is 76.2 Å². The zero-order valence-electron chi connectivity index (χ0n) is 10.1. The van der Waals surface area contributed by atoms with E-state index in [0.29, 0.717) is 5.02 Å². The molecule has 1 aliphatic carbocycles. The predicted octanol–water partition coefficient (Wildman–Crippen LogP) is 2.44. The van der Waals surface area contributed by atoms with E-state index in [4.69, 9.17) is 17.3 Å². The Bertz CT molecular complexity index is 445. The third-order valence-electron chi connectivity index (χ3n) is 3.52. The molecule has 0 bridgehead atoms. The number of nitrogens with two attached hydrogens (primary N) is 1. The lowest BCUT2D eigenvalue weighted by Crippen LogP contribution is -2.31. The van der Waals surface area contributed by atoms with Crippen molar-refractivity contribution in [3.05, 3.63) is 22.8 Å². The number of nitrogens with zero attached hydrogens (tertiary/aromatic N) is 1. The number of carbonyl (C=O) groups excluding carboxylic acids is 1. The van der Waals surface area contributed by atoms with Gasteiger partial charge in [0.1, 0.15) is 11.9 Å². The molecule has 1 aromatic rings. The lowest BCUT2D eigenvalue weighted by atomic mass is 9.83. The van der Waals surface area contributed by atoms with Crippen LogP contribution in [-0.4, -0.2) is 22.0 Å². The molecule has 3 N–H and O–H groups in total. The fourth-order valence-electron chi connectivity index (χ4n) is 2.47. The van der Waals surface area contributed by atoms with Gasteiger partial charge in [-0.3, -0.25) is 4.79 Å². The smallest absolute Gasteiger partial charge is 0.195 e. The molecule has 2 rings (SSSR count). The molecule has 0 amide bonds. The number of hydrogen-bond acceptors (Lipinski definition) is 4. The summed E-state index contributed by atoms with van der Waals surface area (Å²) in [7, 11) is 0. The third kappa shape index (κ3) is 2.82. The predicted molar refractivity (Wildman–Crippen MR) is 70.6 cm³/mol. The van der Waals surface area contributed by atoms with E-state index in [1.165, 1.54) is 18.7 Å². The van der Waals surface area contributed by atoms with Gasteiger partial charge in [-0.2, -0.15) is 0 Å². The number of nitrogen functional groups attached to an aromatic ring is 1. The van der Waals surface area contributed by atoms with E-state index in [-0.39, 0.29) is 23.1 Å². The Labute approximate surface area is 111 Å². The summed E-state index contributed by atoms with van der Waals surface area (Å²) in [4.78, 5) is 16.0. The fraction of sp³-hybridized carbons (Fsp3) is 0.538. The first kappa shape index (κ1) is 13.3. The minimum Gasteiger partial charge on any atom is -0.385 e. The Hall–Kier alpha value is -1.13. The van der Waals surface area contributed by atoms with Gasteiger partial charge in [0.25, 0.3) is 0 Å². The van der Waals surface area contributed by atoms with E-state index >= 15 is 0 Å². The molecule has 1 saturated carbocycles. The Balaban J connectivity index is 2.16. The van der Waals surface area contributed by atoms with E-state index < -0.39 is 6.10 Å². The number of halogens is 1. The quantitative estimate of drug-likeness (QED) is 0.826. The van der Waals surface area contributed by atoms with Gasteiger partial charge in [0.15, 0.2) is 5.78 Å². The van der Waals surface area contributed by atoms with Gasteiger partial charge >= 0.3 is 0 Å². The monoisotopic (exact) mass is 268 g/mol. The second-order valence-electron chi connectivity index (χ2n) is 4.79. The molecule has 1 aromatic heterocycles. The second-order valence-corrected chi connectivity index (χ2v) is 5.23. The molecular weight excluding hydrogens is 252 g/mol. The highest BCUT2D eigenvalue weighted by Crippen LogP contribution is 2.29. The molecule has 4 nitrogen and oxygen atoms in total. The fourth-order valence-corrected chi connectivity index (χ4v) is 2.63. The van der Waals surface area contributed by atoms with Crippen molar-refractivity contribution in [2.24, 2.45) is 5.92 Å². The minimum absolute atomic E-state index is 0.0321. The minimum atomic E-state index is -0.993. The molecule has 0 radical (unpaired) electrons. The molecule has 5 heteroatoms. The van der Waals surface area contributed by atoms with E-state index in [1.807, 2.05) is 0 Å². The van der Waals surface area contributed by atoms with E-state index in [2.05, 4.69) is 4.98 Å². The van der Waals surface area contributed by atoms with Crippen LogP contribution in [-0.2, 0) is 0 Å². The van der Waals surface area contributed by atoms with Crippen molar-refractivity contribution in [1.82, 2.24) is 4.98 Å². The van der Waals surface area contributed by atoms with Crippen LogP contribution in [0.4, 0.5) is 5.82 Å². The number of Topliss-reactive ketones (excluding diaryl/α,β-unsaturated/α-hetero) is 1. The molecule has 1 aliphatic rings. The Kier molecular flexibility index (Phi) is 4.19. The summed E-state index contributed by atoms with van der Waals surface area (Å²) < 4.78 is 0. The Morgan fingerprint density at radius 3 is 2.78 bits per heavy atom. The number of aliphatic hydroxyl groups excluding tert-OH is 1. The Morgan fingerprint density at radius 2 is 2.11 bits per heavy atom. The maximum absolute atomic E-state index is 12.2. The van der Waals surface area contributed by atoms with Crippen molar-refractivity contribution >= 4 is 23.2 Å². The number of ketones is 1. The molecule has 18 heavy (non-hydrogen) atoms. The Morgan fingerprint density at radius 1 is 1.44 bits per heavy atom. The average Bonchev–Trinajstić information content (AvgIpc) is 2.41. The number of hydrogen-bond donors (Lipinski definition) is 2. The molecule has 1 atom stereocenters. The highest BCUT2D eigenvalue weighted by molar-refractivity contribution is 6.31. The van der Waals surface area contributed by atoms with Gasteiger partial charge < -0.3 is 10.8 Å². The van der Waals surface area contributed by atoms with Crippen LogP contribution in [0.25, 0.3) is 0 Å². The molecule has 0 spiro atoms. The van der Waals surface area contributed by atoms with Crippen molar-refractivity contribution in [2.75, 3.05) is 5.73 Å². The SMILES string of the molecule is Nc1ncc(Cl)cc1C(=O)C(O)C1CCCCC1. The maximum atomic E-state index is 12.2. The second kappa shape index (κ2) is 5.67. The molecular formula is C13H17ClN2O2. The molecule has 1 fully saturated rings. The zero-order chi connectivity index (χ0) is 13.1. The van der Waals surface area contributed by atoms with Crippen LogP contribution < -0.4 is 5.73 Å². The van der Waals surface area contributed by atoms with Crippen LogP contribution in [0.1, 0.15) is 42.5 Å². The summed E-state index contributed by atoms with van der Waals surface area (Å²) >= 11 is 5.80. The van der Waals surface area contributed by atoms with Gasteiger partial charge in [0.2, 0.25) is 0 Å². The summed E-state index contributed by atoms with van der Waals surface area (Å²) in [5.74, 6) is -0.210. The van der Waals surface area contributed by atoms with Gasteiger partial charge in [-0.1, -0.05) is 30.9 Å². The van der Waals surface area contributed by atoms with Crippen LogP contribution in [0.2, 0.25) is 5.02 Å². The van der Waals surface area contributed by atoms with Gasteiger partial charge in [-0.05, 0) is 24.8 Å². The highest BCUT2D eigenvalue weighted by Gasteiger charge is 2.29. The van der Waals surface area contributed by atoms with Crippen molar-refractivity contribution in [3.8, 4) is 0 Å². The number of carbonyl (C=O) groups is 1. The first-order chi connectivity index (χ1) is 8.59. The molecule has 1 heterocycles. The molecule has 0 aromatic carbocycles. The third-order valence-corrected chi connectivity index (χ3v) is 3.72. The largest absolute Gasteiger partial charge is 0.385 e. The lowest BCUT2D eigenvalue weighted by Gasteiger charge is -2.25. The van der Waals surface area contributed by atoms with E-state index in [9.17, 15) is 9.90 Å². The average molecular weight is 269 g/mol. The van der Waals surface area contributed by atoms with Gasteiger partial charge in [0.05, 0.1) is 10.6 Å². The number of pyridine rings is 1. The van der Waals surface area contributed by atoms with E-state index in [1.54, 1.807) is 0 Å². The summed E-state index contributed by atoms with van der Waals surface area (Å²) in [5.41, 5.74) is 5.88. The molecule has 98 valence electrons. The van der Waals surface area contributed by atoms with Crippen LogP contribution >= 0.6 is 11.6 Å². The number of rotatable bonds is 3. The van der Waals surface area contributed by atoms with Crippen molar-refractivity contribution in [3.63, 3.8) is 0 Å². The summed E-state index contributed by atoms with van der Waals surface area (Å²) in [6, 6.07) is 1.47. The van der Waals surface area contributed by atoms with Crippen LogP contribution in [0, 0.1) is 5.92 Å². The van der Waals surface area contributed by atoms with E-state index in [0.717, 1.165) is 25.7 Å². The molecule has 1 unspecified atom stereocenters. The van der Waals surface area contributed by atoms with Crippen molar-refractivity contribution in [1.29, 1.82) is 0 Å². The molecule has 0 aliphatic heterocycles. The first-order valence-corrected chi connectivity index (χ1v) is 6.60. The van der Waals surface area contributed by atoms with Crippen molar-refractivity contribution < 1.29 is 9.90 Å². The summed E-state index contributed by atoms with van der Waals surface area (Å²) in [6.45, 7) is 0. The summed E-state index contributed by atoms with van der Waals surface area (Å²) in [6.07, 6.45) is 5.49. The molecule has 0 saturated heterocycles. The van der Waals surface area contributed by atoms with Crippen LogP contribution in [0.15, 0.2) is 12.3 Å². The van der Waals surface area contributed by atoms with Crippen LogP contribution in [0.3, 0.4) is 0 Å². The first-order valence-electron chi connectivity index (χ1n) is 6.23. The van der Waals surface area contributed by atoms with Crippen LogP contribution in [0.5, 0.6) is 0 Å². The van der Waals surface area contributed by atoms with Gasteiger partial charge in [-0.15, -0.1) is 0 Å².